The maximum atomic E-state index is 10.4. The minimum absolute atomic E-state index is 0.276. The van der Waals surface area contributed by atoms with E-state index in [0.29, 0.717) is 19.8 Å². The number of nitrogens with zero attached hydrogens (tertiary/aromatic N) is 1. The predicted molar refractivity (Wildman–Crippen MR) is 119 cm³/mol. The molecule has 160 valence electrons. The smallest absolute Gasteiger partial charge is 0.329 e. The van der Waals surface area contributed by atoms with Crippen molar-refractivity contribution in [2.75, 3.05) is 46.1 Å². The first kappa shape index (κ1) is 22.5. The number of hydrogen-bond acceptors (Lipinski definition) is 4. The summed E-state index contributed by atoms with van der Waals surface area (Å²) in [4.78, 5) is 12.8. The van der Waals surface area contributed by atoms with Gasteiger partial charge in [0.05, 0.1) is 19.8 Å². The molecular weight excluding hydrogens is 402 g/mol. The molecule has 0 saturated carbocycles. The third-order valence-electron chi connectivity index (χ3n) is 5.16. The molecule has 0 unspecified atom stereocenters. The van der Waals surface area contributed by atoms with Crippen molar-refractivity contribution in [3.05, 3.63) is 76.3 Å². The second-order valence-corrected chi connectivity index (χ2v) is 7.69. The molecule has 30 heavy (non-hydrogen) atoms. The van der Waals surface area contributed by atoms with Crippen LogP contribution in [0, 0.1) is 0 Å². The molecule has 0 atom stereocenters. The van der Waals surface area contributed by atoms with Crippen molar-refractivity contribution in [3.63, 3.8) is 0 Å². The van der Waals surface area contributed by atoms with Crippen LogP contribution in [0.25, 0.3) is 5.57 Å². The van der Waals surface area contributed by atoms with E-state index in [1.54, 1.807) is 0 Å². The van der Waals surface area contributed by atoms with Crippen LogP contribution in [-0.2, 0) is 14.3 Å². The zero-order valence-electron chi connectivity index (χ0n) is 17.1. The maximum absolute atomic E-state index is 10.4. The van der Waals surface area contributed by atoms with Crippen LogP contribution in [0.3, 0.4) is 0 Å². The number of likely N-dealkylation sites (tertiary alicyclic amines) is 1. The second kappa shape index (κ2) is 11.9. The Labute approximate surface area is 182 Å². The van der Waals surface area contributed by atoms with Crippen LogP contribution in [0.5, 0.6) is 0 Å². The minimum Gasteiger partial charge on any atom is -0.480 e. The monoisotopic (exact) mass is 429 g/mol. The van der Waals surface area contributed by atoms with Crippen molar-refractivity contribution in [1.29, 1.82) is 0 Å². The van der Waals surface area contributed by atoms with Crippen molar-refractivity contribution in [2.24, 2.45) is 0 Å². The highest BCUT2D eigenvalue weighted by Crippen LogP contribution is 2.32. The molecule has 1 aliphatic heterocycles. The number of carboxylic acid groups (broad SMARTS) is 1. The van der Waals surface area contributed by atoms with E-state index in [2.05, 4.69) is 41.3 Å². The van der Waals surface area contributed by atoms with E-state index in [0.717, 1.165) is 37.5 Å². The molecule has 2 aromatic rings. The summed E-state index contributed by atoms with van der Waals surface area (Å²) >= 11 is 6.10. The molecule has 1 fully saturated rings. The number of ether oxygens (including phenoxy) is 2. The fourth-order valence-electron chi connectivity index (χ4n) is 3.67. The van der Waals surface area contributed by atoms with Gasteiger partial charge in [-0.25, -0.2) is 4.79 Å². The minimum atomic E-state index is -0.958. The molecule has 1 saturated heterocycles. The number of halogens is 1. The van der Waals surface area contributed by atoms with Crippen molar-refractivity contribution >= 4 is 23.1 Å². The quantitative estimate of drug-likeness (QED) is 0.569. The Balaban J connectivity index is 1.55. The van der Waals surface area contributed by atoms with E-state index < -0.39 is 5.97 Å². The molecule has 1 N–H and O–H groups in total. The normalized spacial score (nSPS) is 14.6. The lowest BCUT2D eigenvalue weighted by molar-refractivity contribution is -0.142. The number of hydrogen-bond donors (Lipinski definition) is 1. The summed E-state index contributed by atoms with van der Waals surface area (Å²) in [7, 11) is 0. The molecule has 3 rings (SSSR count). The van der Waals surface area contributed by atoms with E-state index in [1.165, 1.54) is 22.3 Å². The number of aliphatic carboxylic acids is 1. The molecular formula is C24H28ClNO4. The highest BCUT2D eigenvalue weighted by molar-refractivity contribution is 6.30. The van der Waals surface area contributed by atoms with Gasteiger partial charge < -0.3 is 19.5 Å². The summed E-state index contributed by atoms with van der Waals surface area (Å²) in [6, 6.07) is 18.7. The van der Waals surface area contributed by atoms with Crippen LogP contribution in [-0.4, -0.2) is 62.0 Å². The predicted octanol–water partition coefficient (Wildman–Crippen LogP) is 4.36. The van der Waals surface area contributed by atoms with E-state index in [9.17, 15) is 4.79 Å². The summed E-state index contributed by atoms with van der Waals surface area (Å²) < 4.78 is 10.5. The first-order chi connectivity index (χ1) is 14.6. The molecule has 0 bridgehead atoms. The van der Waals surface area contributed by atoms with E-state index >= 15 is 0 Å². The third-order valence-corrected chi connectivity index (χ3v) is 5.41. The van der Waals surface area contributed by atoms with Crippen molar-refractivity contribution < 1.29 is 19.4 Å². The molecule has 0 aromatic heterocycles. The SMILES string of the molecule is O=C(O)COCCOCCN1CCC(=C(c2ccccc2)c2ccc(Cl)cc2)CC1. The number of carbonyl (C=O) groups is 1. The summed E-state index contributed by atoms with van der Waals surface area (Å²) in [5, 5.41) is 9.27. The maximum Gasteiger partial charge on any atom is 0.329 e. The van der Waals surface area contributed by atoms with Crippen LogP contribution in [0.1, 0.15) is 24.0 Å². The van der Waals surface area contributed by atoms with Gasteiger partial charge in [-0.2, -0.15) is 0 Å². The van der Waals surface area contributed by atoms with Crippen LogP contribution in [0.2, 0.25) is 5.02 Å². The lowest BCUT2D eigenvalue weighted by atomic mass is 9.88. The van der Waals surface area contributed by atoms with Crippen LogP contribution >= 0.6 is 11.6 Å². The average molecular weight is 430 g/mol. The Morgan fingerprint density at radius 3 is 2.20 bits per heavy atom. The van der Waals surface area contributed by atoms with Gasteiger partial charge in [0.1, 0.15) is 6.61 Å². The van der Waals surface area contributed by atoms with Gasteiger partial charge in [0.15, 0.2) is 0 Å². The Bertz CT molecular complexity index is 826. The fourth-order valence-corrected chi connectivity index (χ4v) is 3.79. The molecule has 1 aliphatic rings. The van der Waals surface area contributed by atoms with Gasteiger partial charge in [-0.05, 0) is 41.7 Å². The van der Waals surface area contributed by atoms with Gasteiger partial charge in [0.25, 0.3) is 0 Å². The molecule has 5 nitrogen and oxygen atoms in total. The van der Waals surface area contributed by atoms with Crippen LogP contribution in [0.15, 0.2) is 60.2 Å². The van der Waals surface area contributed by atoms with Gasteiger partial charge in [-0.15, -0.1) is 0 Å². The Hall–Kier alpha value is -2.18. The number of piperidine rings is 1. The molecule has 0 amide bonds. The first-order valence-electron chi connectivity index (χ1n) is 10.3. The Morgan fingerprint density at radius 2 is 1.53 bits per heavy atom. The lowest BCUT2D eigenvalue weighted by Crippen LogP contribution is -2.34. The molecule has 2 aromatic carbocycles. The largest absolute Gasteiger partial charge is 0.480 e. The topological polar surface area (TPSA) is 59.0 Å². The Kier molecular flexibility index (Phi) is 8.90. The van der Waals surface area contributed by atoms with Crippen LogP contribution < -0.4 is 0 Å². The fraction of sp³-hybridized carbons (Fsp3) is 0.375. The van der Waals surface area contributed by atoms with E-state index in [-0.39, 0.29) is 6.61 Å². The van der Waals surface area contributed by atoms with E-state index in [4.69, 9.17) is 26.2 Å². The van der Waals surface area contributed by atoms with Gasteiger partial charge in [-0.1, -0.05) is 59.6 Å². The van der Waals surface area contributed by atoms with Gasteiger partial charge in [0, 0.05) is 24.7 Å². The summed E-state index contributed by atoms with van der Waals surface area (Å²) in [6.07, 6.45) is 2.04. The number of benzene rings is 2. The molecule has 0 radical (unpaired) electrons. The zero-order valence-corrected chi connectivity index (χ0v) is 17.8. The van der Waals surface area contributed by atoms with Crippen LogP contribution in [0.4, 0.5) is 0 Å². The first-order valence-corrected chi connectivity index (χ1v) is 10.6. The average Bonchev–Trinajstić information content (AvgIpc) is 2.76. The number of rotatable bonds is 10. The van der Waals surface area contributed by atoms with Gasteiger partial charge in [0.2, 0.25) is 0 Å². The molecule has 1 heterocycles. The number of carboxylic acids is 1. The van der Waals surface area contributed by atoms with Crippen molar-refractivity contribution in [1.82, 2.24) is 4.90 Å². The molecule has 0 aliphatic carbocycles. The standard InChI is InChI=1S/C24H28ClNO4/c25-22-8-6-20(7-9-22)24(19-4-2-1-3-5-19)21-10-12-26(13-11-21)14-15-29-16-17-30-18-23(27)28/h1-9H,10-18H2,(H,27,28). The summed E-state index contributed by atoms with van der Waals surface area (Å²) in [6.45, 7) is 3.94. The third kappa shape index (κ3) is 6.96. The summed E-state index contributed by atoms with van der Waals surface area (Å²) in [5.41, 5.74) is 5.24. The molecule has 6 heteroatoms. The van der Waals surface area contributed by atoms with Gasteiger partial charge >= 0.3 is 5.97 Å². The zero-order chi connectivity index (χ0) is 21.2. The lowest BCUT2D eigenvalue weighted by Gasteiger charge is -2.30. The highest BCUT2D eigenvalue weighted by Gasteiger charge is 2.18. The second-order valence-electron chi connectivity index (χ2n) is 7.25. The van der Waals surface area contributed by atoms with Crippen molar-refractivity contribution in [3.8, 4) is 0 Å². The van der Waals surface area contributed by atoms with E-state index in [1.807, 2.05) is 18.2 Å². The highest BCUT2D eigenvalue weighted by atomic mass is 35.5. The summed E-state index contributed by atoms with van der Waals surface area (Å²) in [5.74, 6) is -0.958. The van der Waals surface area contributed by atoms with Gasteiger partial charge in [-0.3, -0.25) is 0 Å². The molecule has 0 spiro atoms. The van der Waals surface area contributed by atoms with Crippen molar-refractivity contribution in [2.45, 2.75) is 12.8 Å². The Morgan fingerprint density at radius 1 is 0.900 bits per heavy atom.